The smallest absolute Gasteiger partial charge is 0.341 e. The maximum absolute atomic E-state index is 11.6. The van der Waals surface area contributed by atoms with Crippen LogP contribution >= 0.6 is 0 Å². The lowest BCUT2D eigenvalue weighted by Crippen LogP contribution is -2.31. The van der Waals surface area contributed by atoms with Crippen molar-refractivity contribution >= 4 is 58.1 Å². The first-order valence-electron chi connectivity index (χ1n) is 22.3. The number of nitrogens with zero attached hydrogens (tertiary/aromatic N) is 2. The van der Waals surface area contributed by atoms with Crippen LogP contribution in [0.25, 0.3) is 10.9 Å². The molecule has 0 aliphatic carbocycles. The van der Waals surface area contributed by atoms with Gasteiger partial charge in [0.2, 0.25) is 6.29 Å². The van der Waals surface area contributed by atoms with Crippen LogP contribution in [0.15, 0.2) is 79.0 Å². The number of methoxy groups -OCH3 is 14. The van der Waals surface area contributed by atoms with Gasteiger partial charge in [0.15, 0.2) is 18.9 Å². The molecule has 0 bridgehead atoms. The van der Waals surface area contributed by atoms with Gasteiger partial charge in [-0.25, -0.2) is 19.2 Å². The van der Waals surface area contributed by atoms with E-state index in [-0.39, 0.29) is 20.0 Å². The number of nitrogens with two attached hydrogens (primary N) is 1. The van der Waals surface area contributed by atoms with Gasteiger partial charge in [0.25, 0.3) is 0 Å². The van der Waals surface area contributed by atoms with Gasteiger partial charge in [-0.2, -0.15) is 0 Å². The molecule has 0 aliphatic heterocycles. The van der Waals surface area contributed by atoms with Gasteiger partial charge in [0, 0.05) is 111 Å². The third kappa shape index (κ3) is 20.6. The van der Waals surface area contributed by atoms with Gasteiger partial charge < -0.3 is 86.8 Å². The summed E-state index contributed by atoms with van der Waals surface area (Å²) in [4.78, 5) is 57.4. The monoisotopic (exact) mass is 1060 g/mol. The Morgan fingerprint density at radius 2 is 1.00 bits per heavy atom. The van der Waals surface area contributed by atoms with Crippen LogP contribution in [0.3, 0.4) is 0 Å². The predicted octanol–water partition coefficient (Wildman–Crippen LogP) is 6.14. The topological polar surface area (TPSA) is 261 Å². The number of ether oxygens (including phenoxy) is 14. The summed E-state index contributed by atoms with van der Waals surface area (Å²) >= 11 is 0. The first-order valence-corrected chi connectivity index (χ1v) is 22.3. The fraction of sp³-hybridized carbons (Fsp3) is 0.404. The third-order valence-corrected chi connectivity index (χ3v) is 10.4. The number of carbonyl (C=O) groups is 5. The number of aldehydes is 1. The minimum Gasteiger partial charge on any atom is -0.496 e. The number of benzene rings is 4. The van der Waals surface area contributed by atoms with E-state index >= 15 is 0 Å². The van der Waals surface area contributed by atoms with E-state index in [1.54, 1.807) is 83.0 Å². The molecule has 1 heterocycles. The summed E-state index contributed by atoms with van der Waals surface area (Å²) in [5, 5.41) is 4.11. The summed E-state index contributed by atoms with van der Waals surface area (Å²) in [5.41, 5.74) is 10.3. The van der Waals surface area contributed by atoms with Crippen LogP contribution < -0.4 is 34.9 Å². The molecule has 0 aliphatic rings. The number of carbonyl (C=O) groups excluding carboxylic acids is 5. The van der Waals surface area contributed by atoms with Crippen molar-refractivity contribution in [2.24, 2.45) is 7.05 Å². The molecule has 0 atom stereocenters. The molecule has 0 unspecified atom stereocenters. The molecular weight excluding hydrogens is 985 g/mol. The van der Waals surface area contributed by atoms with Gasteiger partial charge in [-0.3, -0.25) is 4.79 Å². The third-order valence-electron chi connectivity index (χ3n) is 10.4. The average molecular weight is 1060 g/mol. The van der Waals surface area contributed by atoms with Crippen LogP contribution in [0.5, 0.6) is 23.0 Å². The number of anilines is 3. The summed E-state index contributed by atoms with van der Waals surface area (Å²) in [6, 6.07) is 20.7. The number of aryl methyl sites for hydroxylation is 1. The zero-order chi connectivity index (χ0) is 56.6. The highest BCUT2D eigenvalue weighted by molar-refractivity contribution is 5.98. The minimum absolute atomic E-state index is 0. The lowest BCUT2D eigenvalue weighted by atomic mass is 10.1. The zero-order valence-electron chi connectivity index (χ0n) is 45.5. The number of esters is 4. The van der Waals surface area contributed by atoms with Crippen molar-refractivity contribution in [1.82, 2.24) is 4.57 Å². The van der Waals surface area contributed by atoms with Crippen molar-refractivity contribution in [2.45, 2.75) is 18.9 Å². The van der Waals surface area contributed by atoms with Gasteiger partial charge in [0.1, 0.15) is 45.3 Å². The Labute approximate surface area is 439 Å². The fourth-order valence-corrected chi connectivity index (χ4v) is 6.24. The zero-order valence-corrected chi connectivity index (χ0v) is 45.5. The first kappa shape index (κ1) is 65.3. The van der Waals surface area contributed by atoms with E-state index < -0.39 is 24.2 Å². The van der Waals surface area contributed by atoms with Crippen LogP contribution in [0, 0.1) is 0 Å². The summed E-state index contributed by atoms with van der Waals surface area (Å²) in [6.45, 7) is 1.03. The second-order valence-electron chi connectivity index (χ2n) is 14.8. The second-order valence-corrected chi connectivity index (χ2v) is 14.8. The number of hydrogen-bond acceptors (Lipinski definition) is 22. The summed E-state index contributed by atoms with van der Waals surface area (Å²) in [6.07, 6.45) is 1.16. The van der Waals surface area contributed by atoms with Gasteiger partial charge >= 0.3 is 23.9 Å². The standard InChI is InChI=1S/C14H21NO5.C13H19NO5.C12H13NO3.C9H11NO3.C4H8O3.H2/c1-15(9-13(18-3)19-4)10-6-7-11(14(16)20-5)12(8-10)17-2;1-16-11-7-9(14-8-12(17-2)18-3)5-6-10(11)13(15)19-4;1-13-5-4-8-6-9(12(14)16-3)11(15-2)7-10(8)13;1-12-8-5-6(10)3-4-7(8)9(11)13-2;1-6-4(3-5)7-2;/h6-8,13H,9H2,1-5H3;5-7,12,14H,8H2,1-4H3;4-7H,1-3H3;3-5H,10H2,1-2H3;3-4H,1-2H3;1H. The summed E-state index contributed by atoms with van der Waals surface area (Å²) in [7, 11) is 24.3. The molecule has 5 aromatic rings. The molecule has 3 N–H and O–H groups in total. The van der Waals surface area contributed by atoms with Crippen molar-refractivity contribution in [3.63, 3.8) is 0 Å². The lowest BCUT2D eigenvalue weighted by Gasteiger charge is -2.24. The summed E-state index contributed by atoms with van der Waals surface area (Å²) < 4.78 is 70.5. The van der Waals surface area contributed by atoms with Gasteiger partial charge in [-0.1, -0.05) is 0 Å². The maximum atomic E-state index is 11.6. The Hall–Kier alpha value is -7.67. The largest absolute Gasteiger partial charge is 0.496 e. The van der Waals surface area contributed by atoms with E-state index in [0.29, 0.717) is 70.3 Å². The molecule has 0 fully saturated rings. The van der Waals surface area contributed by atoms with E-state index in [2.05, 4.69) is 24.3 Å². The van der Waals surface area contributed by atoms with E-state index in [0.717, 1.165) is 22.3 Å². The van der Waals surface area contributed by atoms with Crippen LogP contribution in [0.1, 0.15) is 42.9 Å². The molecule has 0 radical (unpaired) electrons. The molecular formula is C52H74N4O19. The fourth-order valence-electron chi connectivity index (χ4n) is 6.24. The molecule has 75 heavy (non-hydrogen) atoms. The Morgan fingerprint density at radius 1 is 0.560 bits per heavy atom. The number of nitrogens with one attached hydrogen (secondary N) is 1. The van der Waals surface area contributed by atoms with Gasteiger partial charge in [0.05, 0.1) is 75.5 Å². The highest BCUT2D eigenvalue weighted by Crippen LogP contribution is 2.29. The number of aromatic nitrogens is 1. The normalized spacial score (nSPS) is 10.2. The molecule has 23 nitrogen and oxygen atoms in total. The maximum Gasteiger partial charge on any atom is 0.341 e. The highest BCUT2D eigenvalue weighted by Gasteiger charge is 2.18. The number of rotatable bonds is 21. The predicted molar refractivity (Wildman–Crippen MR) is 282 cm³/mol. The van der Waals surface area contributed by atoms with E-state index in [4.69, 9.17) is 53.1 Å². The van der Waals surface area contributed by atoms with Gasteiger partial charge in [-0.05, 0) is 48.5 Å². The second kappa shape index (κ2) is 35.5. The number of hydrogen-bond donors (Lipinski definition) is 2. The average Bonchev–Trinajstić information content (AvgIpc) is 3.82. The molecule has 0 saturated heterocycles. The number of likely N-dealkylation sites (N-methyl/N-ethyl adjacent to an activating group) is 1. The Morgan fingerprint density at radius 3 is 1.44 bits per heavy atom. The van der Waals surface area contributed by atoms with E-state index in [1.807, 2.05) is 48.0 Å². The molecule has 23 heteroatoms. The Balaban J connectivity index is 0.000000950. The SMILES string of the molecule is COC(=O)c1cc2ccn(C)c2cc1OC.COC(=O)c1ccc(N(C)CC(OC)OC)cc1OC.COC(=O)c1ccc(N)cc1OC.COC(=O)c1ccc(NCC(OC)OC)cc1OC.COC(C=O)OC.[HH]. The lowest BCUT2D eigenvalue weighted by molar-refractivity contribution is -0.143. The van der Waals surface area contributed by atoms with E-state index in [9.17, 15) is 24.0 Å². The van der Waals surface area contributed by atoms with Gasteiger partial charge in [-0.15, -0.1) is 0 Å². The van der Waals surface area contributed by atoms with Crippen LogP contribution in [0.2, 0.25) is 0 Å². The quantitative estimate of drug-likeness (QED) is 0.0275. The first-order chi connectivity index (χ1) is 35.9. The number of nitrogen functional groups attached to an aromatic ring is 1. The molecule has 0 amide bonds. The van der Waals surface area contributed by atoms with Crippen LogP contribution in [-0.4, -0.2) is 173 Å². The highest BCUT2D eigenvalue weighted by atomic mass is 16.7. The minimum atomic E-state index is -0.694. The van der Waals surface area contributed by atoms with Crippen LogP contribution in [0.4, 0.5) is 17.1 Å². The molecule has 4 aromatic carbocycles. The summed E-state index contributed by atoms with van der Waals surface area (Å²) in [5.74, 6) is 0.182. The Kier molecular flexibility index (Phi) is 30.9. The van der Waals surface area contributed by atoms with Crippen LogP contribution in [-0.2, 0) is 59.2 Å². The van der Waals surface area contributed by atoms with Crippen molar-refractivity contribution in [1.29, 1.82) is 0 Å². The number of fused-ring (bicyclic) bond motifs is 1. The molecule has 1 aromatic heterocycles. The van der Waals surface area contributed by atoms with Crippen molar-refractivity contribution in [2.75, 3.05) is 136 Å². The molecule has 0 spiro atoms. The Bertz CT molecular complexity index is 2530. The molecule has 0 saturated carbocycles. The van der Waals surface area contributed by atoms with E-state index in [1.165, 1.54) is 71.1 Å². The molecule has 5 rings (SSSR count). The van der Waals surface area contributed by atoms with Crippen molar-refractivity contribution in [3.8, 4) is 23.0 Å². The van der Waals surface area contributed by atoms with Crippen molar-refractivity contribution in [3.05, 3.63) is 101 Å². The van der Waals surface area contributed by atoms with Crippen molar-refractivity contribution < 1.29 is 91.7 Å². The molecule has 416 valence electrons.